The normalized spacial score (nSPS) is 21.7. The Balaban J connectivity index is 1.66. The molecule has 1 saturated carbocycles. The summed E-state index contributed by atoms with van der Waals surface area (Å²) in [5, 5.41) is 0. The Morgan fingerprint density at radius 2 is 1.57 bits per heavy atom. The molecule has 0 heterocycles. The molecule has 2 heteroatoms. The lowest BCUT2D eigenvalue weighted by Crippen LogP contribution is -2.33. The van der Waals surface area contributed by atoms with Crippen molar-refractivity contribution in [3.63, 3.8) is 0 Å². The van der Waals surface area contributed by atoms with E-state index in [1.54, 1.807) is 0 Å². The Hall–Kier alpha value is -2.61. The quantitative estimate of drug-likeness (QED) is 0.1000. The molecule has 0 bridgehead atoms. The van der Waals surface area contributed by atoms with Crippen molar-refractivity contribution >= 4 is 12.0 Å². The zero-order chi connectivity index (χ0) is 34.1. The molecule has 1 aromatic rings. The summed E-state index contributed by atoms with van der Waals surface area (Å²) >= 11 is 0. The second kappa shape index (κ2) is 20.6. The van der Waals surface area contributed by atoms with Crippen LogP contribution >= 0.6 is 0 Å². The molecule has 5 atom stereocenters. The SMILES string of the molecule is C=C[C@]1(C)CC[C@@H](C(=C)C/C=C/c2ccc(C(=O)OC/C=C(\C)CCC[C@@H](C)CCC[C@H](C)CCCC(C)C)cc2)C[C@H]1C(=C)C. The highest BCUT2D eigenvalue weighted by Gasteiger charge is 2.38. The minimum Gasteiger partial charge on any atom is -0.458 e. The van der Waals surface area contributed by atoms with Crippen LogP contribution < -0.4 is 0 Å². The van der Waals surface area contributed by atoms with Gasteiger partial charge < -0.3 is 4.74 Å². The molecule has 1 aliphatic carbocycles. The molecule has 0 aliphatic heterocycles. The maximum absolute atomic E-state index is 12.6. The number of hydrogen-bond donors (Lipinski definition) is 0. The highest BCUT2D eigenvalue weighted by atomic mass is 16.5. The molecule has 2 nitrogen and oxygen atoms in total. The van der Waals surface area contributed by atoms with Gasteiger partial charge in [-0.15, -0.1) is 6.58 Å². The fourth-order valence-corrected chi connectivity index (χ4v) is 7.11. The van der Waals surface area contributed by atoms with Crippen LogP contribution in [0.2, 0.25) is 0 Å². The summed E-state index contributed by atoms with van der Waals surface area (Å²) in [6.45, 7) is 29.2. The van der Waals surface area contributed by atoms with Gasteiger partial charge in [0.05, 0.1) is 5.56 Å². The Labute approximate surface area is 284 Å². The van der Waals surface area contributed by atoms with Gasteiger partial charge in [0.1, 0.15) is 6.61 Å². The Bertz CT molecular complexity index is 1150. The van der Waals surface area contributed by atoms with E-state index in [0.717, 1.165) is 55.4 Å². The van der Waals surface area contributed by atoms with Crippen LogP contribution in [0.3, 0.4) is 0 Å². The van der Waals surface area contributed by atoms with Crippen molar-refractivity contribution in [1.29, 1.82) is 0 Å². The maximum atomic E-state index is 12.6. The van der Waals surface area contributed by atoms with Gasteiger partial charge in [-0.25, -0.2) is 4.79 Å². The topological polar surface area (TPSA) is 26.3 Å². The molecule has 2 rings (SSSR count). The molecular formula is C44H68O2. The summed E-state index contributed by atoms with van der Waals surface area (Å²) in [5.41, 5.74) is 5.65. The molecule has 0 unspecified atom stereocenters. The Morgan fingerprint density at radius 1 is 0.957 bits per heavy atom. The van der Waals surface area contributed by atoms with Crippen LogP contribution in [0.4, 0.5) is 0 Å². The van der Waals surface area contributed by atoms with Crippen molar-refractivity contribution in [2.24, 2.45) is 35.0 Å². The molecule has 0 saturated heterocycles. The highest BCUT2D eigenvalue weighted by Crippen LogP contribution is 2.49. The van der Waals surface area contributed by atoms with E-state index in [1.165, 1.54) is 68.1 Å². The molecule has 1 fully saturated rings. The molecule has 46 heavy (non-hydrogen) atoms. The molecule has 1 aliphatic rings. The van der Waals surface area contributed by atoms with Crippen LogP contribution in [-0.2, 0) is 4.74 Å². The Kier molecular flexibility index (Phi) is 17.7. The van der Waals surface area contributed by atoms with Crippen molar-refractivity contribution in [3.8, 4) is 0 Å². The molecule has 0 aromatic heterocycles. The number of hydrogen-bond acceptors (Lipinski definition) is 2. The number of allylic oxidation sites excluding steroid dienone is 5. The van der Waals surface area contributed by atoms with Gasteiger partial charge >= 0.3 is 5.97 Å². The lowest BCUT2D eigenvalue weighted by molar-refractivity contribution is 0.0549. The van der Waals surface area contributed by atoms with Crippen molar-refractivity contribution in [1.82, 2.24) is 0 Å². The van der Waals surface area contributed by atoms with E-state index < -0.39 is 0 Å². The molecule has 256 valence electrons. The zero-order valence-corrected chi connectivity index (χ0v) is 30.8. The van der Waals surface area contributed by atoms with E-state index in [2.05, 4.69) is 92.5 Å². The third-order valence-corrected chi connectivity index (χ3v) is 10.6. The molecule has 0 spiro atoms. The van der Waals surface area contributed by atoms with Crippen molar-refractivity contribution in [2.75, 3.05) is 6.61 Å². The van der Waals surface area contributed by atoms with E-state index in [0.29, 0.717) is 24.0 Å². The van der Waals surface area contributed by atoms with Crippen molar-refractivity contribution in [2.45, 2.75) is 132 Å². The van der Waals surface area contributed by atoms with Crippen LogP contribution in [0.15, 0.2) is 78.9 Å². The minimum atomic E-state index is -0.268. The van der Waals surface area contributed by atoms with Gasteiger partial charge in [0.15, 0.2) is 0 Å². The third kappa shape index (κ3) is 14.4. The van der Waals surface area contributed by atoms with Crippen LogP contribution in [0.1, 0.15) is 148 Å². The van der Waals surface area contributed by atoms with Crippen LogP contribution in [-0.4, -0.2) is 12.6 Å². The van der Waals surface area contributed by atoms with Crippen molar-refractivity contribution in [3.05, 3.63) is 90.1 Å². The summed E-state index contributed by atoms with van der Waals surface area (Å²) < 4.78 is 5.55. The van der Waals surface area contributed by atoms with E-state index >= 15 is 0 Å². The van der Waals surface area contributed by atoms with Gasteiger partial charge in [0.25, 0.3) is 0 Å². The van der Waals surface area contributed by atoms with Gasteiger partial charge in [-0.2, -0.15) is 0 Å². The van der Waals surface area contributed by atoms with E-state index in [9.17, 15) is 4.79 Å². The smallest absolute Gasteiger partial charge is 0.338 e. The molecular weight excluding hydrogens is 560 g/mol. The van der Waals surface area contributed by atoms with E-state index in [-0.39, 0.29) is 11.4 Å². The number of benzene rings is 1. The largest absolute Gasteiger partial charge is 0.458 e. The fraction of sp³-hybridized carbons (Fsp3) is 0.614. The van der Waals surface area contributed by atoms with Gasteiger partial charge in [-0.3, -0.25) is 0 Å². The molecule has 0 amide bonds. The molecule has 0 N–H and O–H groups in total. The standard InChI is InChI=1S/C44H68O2/c1-11-44(10)30-28-41(32-42(44)34(4)5)38(9)22-15-23-39-24-26-40(27-25-39)43(45)46-31-29-37(8)21-14-20-36(7)19-13-18-35(6)17-12-16-33(2)3/h11,15,23-27,29,33,35-36,41-42H,1,4,9,12-14,16-22,28,30-32H2,2-3,5-8,10H3/b23-15+,37-29+/t35-,36+,41-,42+,44-/m1/s1. The summed E-state index contributed by atoms with van der Waals surface area (Å²) in [4.78, 5) is 12.6. The average molecular weight is 629 g/mol. The number of carbonyl (C=O) groups excluding carboxylic acids is 1. The zero-order valence-electron chi connectivity index (χ0n) is 30.8. The predicted molar refractivity (Wildman–Crippen MR) is 202 cm³/mol. The second-order valence-corrected chi connectivity index (χ2v) is 15.5. The minimum absolute atomic E-state index is 0.139. The lowest BCUT2D eigenvalue weighted by Gasteiger charge is -2.43. The maximum Gasteiger partial charge on any atom is 0.338 e. The number of ether oxygens (including phenoxy) is 1. The number of rotatable bonds is 21. The first-order chi connectivity index (χ1) is 21.8. The summed E-state index contributed by atoms with van der Waals surface area (Å²) in [6.07, 6.45) is 24.5. The molecule has 1 aromatic carbocycles. The lowest BCUT2D eigenvalue weighted by atomic mass is 9.61. The first-order valence-electron chi connectivity index (χ1n) is 18.4. The number of esters is 1. The van der Waals surface area contributed by atoms with Gasteiger partial charge in [0, 0.05) is 0 Å². The van der Waals surface area contributed by atoms with Crippen LogP contribution in [0, 0.1) is 35.0 Å². The summed E-state index contributed by atoms with van der Waals surface area (Å²) in [6, 6.07) is 7.68. The second-order valence-electron chi connectivity index (χ2n) is 15.5. The highest BCUT2D eigenvalue weighted by molar-refractivity contribution is 5.89. The first-order valence-corrected chi connectivity index (χ1v) is 18.4. The third-order valence-electron chi connectivity index (χ3n) is 10.6. The summed E-state index contributed by atoms with van der Waals surface area (Å²) in [7, 11) is 0. The summed E-state index contributed by atoms with van der Waals surface area (Å²) in [5.74, 6) is 3.19. The van der Waals surface area contributed by atoms with Gasteiger partial charge in [-0.1, -0.05) is 140 Å². The average Bonchev–Trinajstić information content (AvgIpc) is 3.01. The van der Waals surface area contributed by atoms with Gasteiger partial charge in [0.2, 0.25) is 0 Å². The first kappa shape index (κ1) is 39.6. The number of carbonyl (C=O) groups is 1. The predicted octanol–water partition coefficient (Wildman–Crippen LogP) is 13.4. The monoisotopic (exact) mass is 629 g/mol. The van der Waals surface area contributed by atoms with Crippen LogP contribution in [0.25, 0.3) is 6.08 Å². The Morgan fingerprint density at radius 3 is 2.15 bits per heavy atom. The van der Waals surface area contributed by atoms with Crippen LogP contribution in [0.5, 0.6) is 0 Å². The van der Waals surface area contributed by atoms with Gasteiger partial charge in [-0.05, 0) is 111 Å². The van der Waals surface area contributed by atoms with E-state index in [1.807, 2.05) is 24.3 Å². The molecule has 0 radical (unpaired) electrons. The van der Waals surface area contributed by atoms with E-state index in [4.69, 9.17) is 4.74 Å². The van der Waals surface area contributed by atoms with Crippen molar-refractivity contribution < 1.29 is 9.53 Å². The fourth-order valence-electron chi connectivity index (χ4n) is 7.11.